The summed E-state index contributed by atoms with van der Waals surface area (Å²) in [5.41, 5.74) is -5.05. The number of aliphatic hydroxyl groups is 4. The number of carbonyl (C=O) groups is 3. The second-order valence-corrected chi connectivity index (χ2v) is 10.2. The Bertz CT molecular complexity index is 563. The number of aliphatic hydroxyl groups excluding tert-OH is 4. The zero-order valence-corrected chi connectivity index (χ0v) is 19.1. The van der Waals surface area contributed by atoms with Gasteiger partial charge in [0.15, 0.2) is 0 Å². The Labute approximate surface area is 188 Å². The molecule has 0 aliphatic heterocycles. The summed E-state index contributed by atoms with van der Waals surface area (Å²) in [5, 5.41) is 37.1. The second-order valence-electron chi connectivity index (χ2n) is 7.66. The molecule has 30 heavy (non-hydrogen) atoms. The summed E-state index contributed by atoms with van der Waals surface area (Å²) in [6.07, 6.45) is 0. The van der Waals surface area contributed by atoms with Crippen molar-refractivity contribution < 1.29 is 49.0 Å². The minimum Gasteiger partial charge on any atom is -0.464 e. The third kappa shape index (κ3) is 8.33. The van der Waals surface area contributed by atoms with Gasteiger partial charge in [0, 0.05) is 0 Å². The average Bonchev–Trinajstić information content (AvgIpc) is 2.71. The zero-order chi connectivity index (χ0) is 23.8. The molecular weight excluding hydrogens is 471 g/mol. The van der Waals surface area contributed by atoms with E-state index < -0.39 is 84.2 Å². The maximum absolute atomic E-state index is 12.5. The van der Waals surface area contributed by atoms with Crippen molar-refractivity contribution in [2.75, 3.05) is 46.2 Å². The number of rotatable bonds is 12. The largest absolute Gasteiger partial charge is 0.464 e. The first-order valence-electron chi connectivity index (χ1n) is 8.65. The van der Waals surface area contributed by atoms with E-state index in [0.29, 0.717) is 0 Å². The molecule has 0 fully saturated rings. The summed E-state index contributed by atoms with van der Waals surface area (Å²) in [7, 11) is 0. The highest BCUT2D eigenvalue weighted by molar-refractivity contribution is 6.67. The summed E-state index contributed by atoms with van der Waals surface area (Å²) in [4.78, 5) is 36.9. The van der Waals surface area contributed by atoms with Gasteiger partial charge in [0.1, 0.15) is 36.1 Å². The van der Waals surface area contributed by atoms with Crippen molar-refractivity contribution in [1.29, 1.82) is 0 Å². The van der Waals surface area contributed by atoms with Gasteiger partial charge in [0.2, 0.25) is 3.79 Å². The molecule has 0 aromatic carbocycles. The molecule has 0 saturated heterocycles. The molecular formula is C17H27Cl3O10. The van der Waals surface area contributed by atoms with Crippen LogP contribution in [-0.4, -0.2) is 88.4 Å². The smallest absolute Gasteiger partial charge is 0.318 e. The SMILES string of the molecule is CC(CO)(CO)C(=O)OCC(C)(COC(=O)C(C)(CO)CO)C(=O)OCC(Cl)(Cl)Cl. The van der Waals surface area contributed by atoms with Gasteiger partial charge < -0.3 is 34.6 Å². The maximum Gasteiger partial charge on any atom is 0.318 e. The van der Waals surface area contributed by atoms with Gasteiger partial charge in [-0.3, -0.25) is 14.4 Å². The summed E-state index contributed by atoms with van der Waals surface area (Å²) >= 11 is 16.6. The van der Waals surface area contributed by atoms with Crippen LogP contribution in [0, 0.1) is 16.2 Å². The van der Waals surface area contributed by atoms with Crippen molar-refractivity contribution in [2.24, 2.45) is 16.2 Å². The van der Waals surface area contributed by atoms with E-state index >= 15 is 0 Å². The Balaban J connectivity index is 5.47. The minimum atomic E-state index is -1.93. The number of hydrogen-bond acceptors (Lipinski definition) is 10. The molecule has 0 aromatic heterocycles. The fourth-order valence-electron chi connectivity index (χ4n) is 1.64. The minimum absolute atomic E-state index is 0.649. The van der Waals surface area contributed by atoms with Crippen molar-refractivity contribution in [3.8, 4) is 0 Å². The standard InChI is InChI=1S/C17H27Cl3O10/c1-14(4-21,5-22)11(25)28-8-16(3,13(27)30-10-17(18,19)20)9-29-12(26)15(2,6-23)7-24/h21-24H,4-10H2,1-3H3. The normalized spacial score (nSPS) is 13.0. The van der Waals surface area contributed by atoms with Crippen LogP contribution in [-0.2, 0) is 28.6 Å². The van der Waals surface area contributed by atoms with Crippen molar-refractivity contribution >= 4 is 52.7 Å². The van der Waals surface area contributed by atoms with Crippen LogP contribution in [0.15, 0.2) is 0 Å². The predicted molar refractivity (Wildman–Crippen MR) is 106 cm³/mol. The number of ether oxygens (including phenoxy) is 3. The molecule has 0 unspecified atom stereocenters. The van der Waals surface area contributed by atoms with E-state index in [-0.39, 0.29) is 0 Å². The molecule has 0 amide bonds. The van der Waals surface area contributed by atoms with Gasteiger partial charge in [-0.25, -0.2) is 0 Å². The van der Waals surface area contributed by atoms with E-state index in [1.165, 1.54) is 20.8 Å². The molecule has 4 N–H and O–H groups in total. The summed E-state index contributed by atoms with van der Waals surface area (Å²) in [6, 6.07) is 0. The monoisotopic (exact) mass is 496 g/mol. The Kier molecular flexibility index (Phi) is 11.3. The third-order valence-electron chi connectivity index (χ3n) is 4.28. The van der Waals surface area contributed by atoms with Crippen LogP contribution in [0.1, 0.15) is 20.8 Å². The van der Waals surface area contributed by atoms with Crippen LogP contribution in [0.4, 0.5) is 0 Å². The molecule has 13 heteroatoms. The van der Waals surface area contributed by atoms with Crippen LogP contribution in [0.2, 0.25) is 0 Å². The zero-order valence-electron chi connectivity index (χ0n) is 16.8. The van der Waals surface area contributed by atoms with Crippen LogP contribution in [0.3, 0.4) is 0 Å². The summed E-state index contributed by atoms with van der Waals surface area (Å²) in [6.45, 7) is -1.20. The average molecular weight is 498 g/mol. The van der Waals surface area contributed by atoms with Crippen molar-refractivity contribution in [2.45, 2.75) is 24.6 Å². The lowest BCUT2D eigenvalue weighted by Crippen LogP contribution is -2.46. The lowest BCUT2D eigenvalue weighted by atomic mass is 9.90. The lowest BCUT2D eigenvalue weighted by molar-refractivity contribution is -0.179. The molecule has 0 rings (SSSR count). The molecule has 0 radical (unpaired) electrons. The third-order valence-corrected chi connectivity index (χ3v) is 4.61. The topological polar surface area (TPSA) is 160 Å². The Hall–Kier alpha value is -0.880. The molecule has 0 atom stereocenters. The van der Waals surface area contributed by atoms with Crippen LogP contribution < -0.4 is 0 Å². The second kappa shape index (κ2) is 11.7. The summed E-state index contributed by atoms with van der Waals surface area (Å²) in [5.74, 6) is -3.08. The van der Waals surface area contributed by atoms with Gasteiger partial charge in [0.25, 0.3) is 0 Å². The molecule has 0 aromatic rings. The molecule has 0 saturated carbocycles. The van der Waals surface area contributed by atoms with Crippen molar-refractivity contribution in [1.82, 2.24) is 0 Å². The Morgan fingerprint density at radius 3 is 1.13 bits per heavy atom. The molecule has 0 aliphatic carbocycles. The summed E-state index contributed by atoms with van der Waals surface area (Å²) < 4.78 is 13.0. The molecule has 0 aliphatic rings. The van der Waals surface area contributed by atoms with Gasteiger partial charge in [-0.15, -0.1) is 0 Å². The van der Waals surface area contributed by atoms with E-state index in [2.05, 4.69) is 0 Å². The van der Waals surface area contributed by atoms with E-state index in [1.807, 2.05) is 0 Å². The van der Waals surface area contributed by atoms with Gasteiger partial charge in [0.05, 0.1) is 26.4 Å². The molecule has 0 heterocycles. The van der Waals surface area contributed by atoms with E-state index in [4.69, 9.17) is 49.0 Å². The molecule has 176 valence electrons. The number of halogens is 3. The van der Waals surface area contributed by atoms with Crippen LogP contribution in [0.25, 0.3) is 0 Å². The first-order valence-corrected chi connectivity index (χ1v) is 9.78. The van der Waals surface area contributed by atoms with Gasteiger partial charge in [-0.2, -0.15) is 0 Å². The predicted octanol–water partition coefficient (Wildman–Crippen LogP) is -0.0257. The number of hydrogen-bond donors (Lipinski definition) is 4. The van der Waals surface area contributed by atoms with E-state index in [9.17, 15) is 34.8 Å². The van der Waals surface area contributed by atoms with Crippen LogP contribution in [0.5, 0.6) is 0 Å². The first-order chi connectivity index (χ1) is 13.6. The maximum atomic E-state index is 12.5. The first kappa shape index (κ1) is 29.1. The van der Waals surface area contributed by atoms with Gasteiger partial charge in [-0.1, -0.05) is 34.8 Å². The lowest BCUT2D eigenvalue weighted by Gasteiger charge is -2.31. The molecule has 0 spiro atoms. The van der Waals surface area contributed by atoms with E-state index in [0.717, 1.165) is 0 Å². The van der Waals surface area contributed by atoms with Crippen molar-refractivity contribution in [3.63, 3.8) is 0 Å². The Morgan fingerprint density at radius 1 is 0.600 bits per heavy atom. The highest BCUT2D eigenvalue weighted by atomic mass is 35.6. The van der Waals surface area contributed by atoms with Crippen molar-refractivity contribution in [3.05, 3.63) is 0 Å². The number of esters is 3. The highest BCUT2D eigenvalue weighted by Gasteiger charge is 2.43. The molecule has 0 bridgehead atoms. The fourth-order valence-corrected chi connectivity index (χ4v) is 1.80. The van der Waals surface area contributed by atoms with Gasteiger partial charge >= 0.3 is 17.9 Å². The quantitative estimate of drug-likeness (QED) is 0.164. The molecule has 10 nitrogen and oxygen atoms in total. The van der Waals surface area contributed by atoms with Gasteiger partial charge in [-0.05, 0) is 20.8 Å². The highest BCUT2D eigenvalue weighted by Crippen LogP contribution is 2.29. The van der Waals surface area contributed by atoms with E-state index in [1.54, 1.807) is 0 Å². The number of alkyl halides is 3. The Morgan fingerprint density at radius 2 is 0.867 bits per heavy atom. The number of carbonyl (C=O) groups excluding carboxylic acids is 3. The fraction of sp³-hybridized carbons (Fsp3) is 0.824. The van der Waals surface area contributed by atoms with Crippen LogP contribution >= 0.6 is 34.8 Å².